The first-order valence-electron chi connectivity index (χ1n) is 9.36. The number of rotatable bonds is 7. The number of hydrogen-bond acceptors (Lipinski definition) is 6. The fourth-order valence-corrected chi connectivity index (χ4v) is 4.37. The molecule has 0 atom stereocenters. The van der Waals surface area contributed by atoms with Gasteiger partial charge in [0.15, 0.2) is 0 Å². The van der Waals surface area contributed by atoms with E-state index in [1.807, 2.05) is 38.3 Å². The average Bonchev–Trinajstić information content (AvgIpc) is 2.78. The number of aromatic nitrogens is 2. The van der Waals surface area contributed by atoms with Crippen LogP contribution in [0.3, 0.4) is 0 Å². The highest BCUT2D eigenvalue weighted by Crippen LogP contribution is 2.19. The molecule has 0 amide bonds. The molecule has 3 rings (SSSR count). The average molecular weight is 456 g/mol. The molecule has 0 saturated carbocycles. The number of sulfone groups is 1. The third-order valence-corrected chi connectivity index (χ3v) is 6.38. The lowest BCUT2D eigenvalue weighted by Crippen LogP contribution is -2.51. The molecule has 160 valence electrons. The summed E-state index contributed by atoms with van der Waals surface area (Å²) in [6, 6.07) is 17.4. The van der Waals surface area contributed by atoms with Crippen LogP contribution >= 0.6 is 11.9 Å². The van der Waals surface area contributed by atoms with E-state index in [0.29, 0.717) is 11.4 Å². The van der Waals surface area contributed by atoms with Crippen LogP contribution in [-0.2, 0) is 9.84 Å². The molecule has 0 spiro atoms. The van der Waals surface area contributed by atoms with Gasteiger partial charge in [-0.25, -0.2) is 8.42 Å². The maximum atomic E-state index is 13.2. The third kappa shape index (κ3) is 5.71. The lowest BCUT2D eigenvalue weighted by atomic mass is 10.3. The van der Waals surface area contributed by atoms with Gasteiger partial charge in [0, 0.05) is 18.2 Å². The van der Waals surface area contributed by atoms with E-state index in [0.717, 1.165) is 5.57 Å². The van der Waals surface area contributed by atoms with Crippen molar-refractivity contribution < 1.29 is 17.8 Å². The summed E-state index contributed by atoms with van der Waals surface area (Å²) in [6.07, 6.45) is 7.74. The first-order valence-corrected chi connectivity index (χ1v) is 12.0. The van der Waals surface area contributed by atoms with Crippen LogP contribution in [0.2, 0.25) is 0 Å². The highest BCUT2D eigenvalue weighted by Gasteiger charge is 2.23. The first-order chi connectivity index (χ1) is 14.9. The Bertz CT molecular complexity index is 1260. The molecular weight excluding hydrogens is 432 g/mol. The van der Waals surface area contributed by atoms with Gasteiger partial charge in [-0.2, -0.15) is 3.97 Å². The van der Waals surface area contributed by atoms with Crippen LogP contribution < -0.4 is 15.0 Å². The molecular formula is C22H23N4O3S2+. The maximum absolute atomic E-state index is 13.2. The van der Waals surface area contributed by atoms with Crippen molar-refractivity contribution in [1.82, 2.24) is 3.97 Å². The van der Waals surface area contributed by atoms with Gasteiger partial charge in [-0.3, -0.25) is 0 Å². The lowest BCUT2D eigenvalue weighted by Gasteiger charge is -2.06. The quantitative estimate of drug-likeness (QED) is 0.311. The summed E-state index contributed by atoms with van der Waals surface area (Å²) < 4.78 is 34.9. The molecule has 1 aromatic heterocycles. The van der Waals surface area contributed by atoms with Crippen LogP contribution in [0.15, 0.2) is 105 Å². The van der Waals surface area contributed by atoms with Crippen LogP contribution in [0, 0.1) is 0 Å². The highest BCUT2D eigenvalue weighted by atomic mass is 32.2. The number of allylic oxidation sites excluding steroid dienone is 1. The SMILES string of the molecule is CSn1cc(S(=O)(=O)c2ccccc2)c[n+](N=COc2ccccc2)c1=NC=C(C)C. The molecule has 2 aromatic carbocycles. The Hall–Kier alpha value is -3.17. The van der Waals surface area contributed by atoms with Crippen LogP contribution in [0.25, 0.3) is 0 Å². The highest BCUT2D eigenvalue weighted by molar-refractivity contribution is 7.97. The first kappa shape index (κ1) is 22.5. The number of hydrogen-bond donors (Lipinski definition) is 0. The maximum Gasteiger partial charge on any atom is 0.434 e. The molecule has 0 unspecified atom stereocenters. The molecule has 0 aliphatic heterocycles. The van der Waals surface area contributed by atoms with Gasteiger partial charge in [0.25, 0.3) is 0 Å². The minimum atomic E-state index is -3.75. The van der Waals surface area contributed by atoms with Crippen molar-refractivity contribution in [2.45, 2.75) is 23.6 Å². The Balaban J connectivity index is 2.14. The molecule has 1 heterocycles. The van der Waals surface area contributed by atoms with E-state index in [4.69, 9.17) is 4.74 Å². The van der Waals surface area contributed by atoms with Crippen LogP contribution in [0.5, 0.6) is 5.75 Å². The molecule has 0 radical (unpaired) electrons. The minimum Gasteiger partial charge on any atom is -0.443 e. The summed E-state index contributed by atoms with van der Waals surface area (Å²) in [6.45, 7) is 3.85. The number of ether oxygens (including phenoxy) is 1. The van der Waals surface area contributed by atoms with Crippen molar-refractivity contribution in [3.8, 4) is 5.75 Å². The molecule has 0 saturated heterocycles. The summed E-state index contributed by atoms with van der Waals surface area (Å²) in [5.74, 6) is 0.612. The van der Waals surface area contributed by atoms with E-state index in [2.05, 4.69) is 10.1 Å². The number of para-hydroxylation sites is 1. The summed E-state index contributed by atoms with van der Waals surface area (Å²) in [5.41, 5.74) is 1.42. The Morgan fingerprint density at radius 3 is 2.29 bits per heavy atom. The summed E-state index contributed by atoms with van der Waals surface area (Å²) >= 11 is 1.31. The zero-order chi connectivity index (χ0) is 22.3. The summed E-state index contributed by atoms with van der Waals surface area (Å²) in [4.78, 5) is 4.76. The topological polar surface area (TPSA) is 76.9 Å². The molecule has 3 aromatic rings. The molecule has 0 bridgehead atoms. The van der Waals surface area contributed by atoms with Gasteiger partial charge in [-0.05, 0) is 43.7 Å². The van der Waals surface area contributed by atoms with Crippen molar-refractivity contribution in [2.24, 2.45) is 10.1 Å². The van der Waals surface area contributed by atoms with E-state index in [1.165, 1.54) is 35.4 Å². The number of nitrogens with zero attached hydrogens (tertiary/aromatic N) is 4. The van der Waals surface area contributed by atoms with Crippen molar-refractivity contribution in [2.75, 3.05) is 6.26 Å². The zero-order valence-corrected chi connectivity index (χ0v) is 19.0. The van der Waals surface area contributed by atoms with E-state index in [-0.39, 0.29) is 9.79 Å². The third-order valence-electron chi connectivity index (χ3n) is 4.00. The summed E-state index contributed by atoms with van der Waals surface area (Å²) in [7, 11) is -3.75. The Morgan fingerprint density at radius 2 is 1.68 bits per heavy atom. The Kier molecular flexibility index (Phi) is 7.43. The van der Waals surface area contributed by atoms with Gasteiger partial charge in [0.2, 0.25) is 16.2 Å². The predicted molar refractivity (Wildman–Crippen MR) is 121 cm³/mol. The Morgan fingerprint density at radius 1 is 1.03 bits per heavy atom. The molecule has 7 nitrogen and oxygen atoms in total. The zero-order valence-electron chi connectivity index (χ0n) is 17.4. The van der Waals surface area contributed by atoms with Gasteiger partial charge in [0.05, 0.1) is 4.90 Å². The van der Waals surface area contributed by atoms with Gasteiger partial charge in [-0.1, -0.05) is 46.5 Å². The fourth-order valence-electron chi connectivity index (χ4n) is 2.52. The molecule has 0 aliphatic rings. The molecule has 31 heavy (non-hydrogen) atoms. The second-order valence-electron chi connectivity index (χ2n) is 6.62. The van der Waals surface area contributed by atoms with E-state index in [1.54, 1.807) is 52.6 Å². The minimum absolute atomic E-state index is 0.0843. The van der Waals surface area contributed by atoms with Gasteiger partial charge >= 0.3 is 5.62 Å². The smallest absolute Gasteiger partial charge is 0.434 e. The standard InChI is InChI=1S/C22H23N4O3S2/c1-18(2)14-23-22-25(24-17-29-19-10-6-4-7-11-19)15-21(16-26(22)30-3)31(27,28)20-12-8-5-9-13-20/h4-17H,1-3H3/q+1. The normalized spacial score (nSPS) is 12.2. The largest absolute Gasteiger partial charge is 0.443 e. The van der Waals surface area contributed by atoms with E-state index < -0.39 is 9.84 Å². The van der Waals surface area contributed by atoms with E-state index >= 15 is 0 Å². The summed E-state index contributed by atoms with van der Waals surface area (Å²) in [5, 5.41) is 4.30. The molecule has 0 N–H and O–H groups in total. The van der Waals surface area contributed by atoms with Crippen molar-refractivity contribution >= 4 is 28.2 Å². The molecule has 0 fully saturated rings. The fraction of sp³-hybridized carbons (Fsp3) is 0.136. The van der Waals surface area contributed by atoms with Crippen LogP contribution in [0.4, 0.5) is 0 Å². The monoisotopic (exact) mass is 455 g/mol. The van der Waals surface area contributed by atoms with Gasteiger partial charge in [0.1, 0.15) is 29.2 Å². The number of benzene rings is 2. The van der Waals surface area contributed by atoms with Crippen molar-refractivity contribution in [3.63, 3.8) is 0 Å². The predicted octanol–water partition coefficient (Wildman–Crippen LogP) is 3.43. The molecule has 9 heteroatoms. The Labute approximate surface area is 186 Å². The van der Waals surface area contributed by atoms with Gasteiger partial charge < -0.3 is 4.74 Å². The van der Waals surface area contributed by atoms with E-state index in [9.17, 15) is 8.42 Å². The van der Waals surface area contributed by atoms with Crippen molar-refractivity contribution in [3.05, 3.63) is 90.4 Å². The van der Waals surface area contributed by atoms with Crippen LogP contribution in [0.1, 0.15) is 13.8 Å². The lowest BCUT2D eigenvalue weighted by molar-refractivity contribution is -0.700. The van der Waals surface area contributed by atoms with Crippen LogP contribution in [-0.4, -0.2) is 25.0 Å². The van der Waals surface area contributed by atoms with Crippen molar-refractivity contribution in [1.29, 1.82) is 0 Å². The molecule has 0 aliphatic carbocycles. The second kappa shape index (κ2) is 10.2. The second-order valence-corrected chi connectivity index (χ2v) is 9.33. The van der Waals surface area contributed by atoms with Gasteiger partial charge in [-0.15, -0.1) is 4.68 Å².